The fourth-order valence-corrected chi connectivity index (χ4v) is 3.55. The van der Waals surface area contributed by atoms with Gasteiger partial charge in [-0.3, -0.25) is 4.90 Å². The lowest BCUT2D eigenvalue weighted by molar-refractivity contribution is 0.240. The zero-order chi connectivity index (χ0) is 18.9. The highest BCUT2D eigenvalue weighted by molar-refractivity contribution is 5.84. The average Bonchev–Trinajstić information content (AvgIpc) is 2.75. The van der Waals surface area contributed by atoms with E-state index in [9.17, 15) is 5.11 Å². The summed E-state index contributed by atoms with van der Waals surface area (Å²) in [5.41, 5.74) is 4.63. The summed E-state index contributed by atoms with van der Waals surface area (Å²) in [5.74, 6) is 0.883. The van der Waals surface area contributed by atoms with E-state index in [-0.39, 0.29) is 5.75 Å². The van der Waals surface area contributed by atoms with Gasteiger partial charge in [0.2, 0.25) is 0 Å². The van der Waals surface area contributed by atoms with Gasteiger partial charge in [0.25, 0.3) is 0 Å². The van der Waals surface area contributed by atoms with Crippen LogP contribution in [-0.4, -0.2) is 41.5 Å². The number of hydrogen-bond acceptors (Lipinski definition) is 7. The maximum Gasteiger partial charge on any atom is 0.162 e. The number of rotatable bonds is 3. The maximum atomic E-state index is 10.1. The Morgan fingerprint density at radius 1 is 1.00 bits per heavy atom. The van der Waals surface area contributed by atoms with Crippen molar-refractivity contribution < 1.29 is 5.11 Å². The van der Waals surface area contributed by atoms with Crippen molar-refractivity contribution in [3.8, 4) is 17.1 Å². The number of phenols is 1. The lowest BCUT2D eigenvalue weighted by Gasteiger charge is -2.27. The zero-order valence-corrected chi connectivity index (χ0v) is 15.2. The summed E-state index contributed by atoms with van der Waals surface area (Å²) in [5, 5.41) is 11.0. The molecule has 0 saturated carbocycles. The van der Waals surface area contributed by atoms with E-state index in [4.69, 9.17) is 4.98 Å². The molecule has 0 amide bonds. The van der Waals surface area contributed by atoms with Crippen LogP contribution in [0.25, 0.3) is 22.3 Å². The number of benzene rings is 1. The van der Waals surface area contributed by atoms with Crippen molar-refractivity contribution in [2.45, 2.75) is 19.5 Å². The topological polar surface area (TPSA) is 87.9 Å². The summed E-state index contributed by atoms with van der Waals surface area (Å²) < 4.78 is 0. The zero-order valence-electron chi connectivity index (χ0n) is 15.2. The van der Waals surface area contributed by atoms with Crippen LogP contribution in [0.15, 0.2) is 55.2 Å². The van der Waals surface area contributed by atoms with Gasteiger partial charge in [0.1, 0.15) is 17.6 Å². The second-order valence-electron chi connectivity index (χ2n) is 6.90. The van der Waals surface area contributed by atoms with E-state index >= 15 is 0 Å². The van der Waals surface area contributed by atoms with Gasteiger partial charge in [0.05, 0.1) is 17.0 Å². The van der Waals surface area contributed by atoms with E-state index in [0.29, 0.717) is 11.3 Å². The fourth-order valence-electron chi connectivity index (χ4n) is 3.55. The molecule has 0 saturated heterocycles. The Morgan fingerprint density at radius 3 is 2.79 bits per heavy atom. The van der Waals surface area contributed by atoms with E-state index in [1.807, 2.05) is 30.5 Å². The smallest absolute Gasteiger partial charge is 0.162 e. The van der Waals surface area contributed by atoms with Gasteiger partial charge in [-0.05, 0) is 12.1 Å². The SMILES string of the molecule is Oc1cccc2ccc(CN3CCc4nc(-c5cncnc5)ncc4C3)nc12. The molecule has 28 heavy (non-hydrogen) atoms. The summed E-state index contributed by atoms with van der Waals surface area (Å²) in [4.78, 5) is 24.2. The molecule has 1 aromatic carbocycles. The Hall–Kier alpha value is -3.45. The number of nitrogens with zero attached hydrogens (tertiary/aromatic N) is 6. The van der Waals surface area contributed by atoms with Gasteiger partial charge < -0.3 is 5.11 Å². The summed E-state index contributed by atoms with van der Waals surface area (Å²) in [6.45, 7) is 2.40. The molecule has 1 aliphatic rings. The first kappa shape index (κ1) is 16.7. The van der Waals surface area contributed by atoms with E-state index in [1.165, 1.54) is 6.33 Å². The second kappa shape index (κ2) is 6.94. The average molecular weight is 370 g/mol. The fraction of sp³-hybridized carbons (Fsp3) is 0.190. The first-order chi connectivity index (χ1) is 13.8. The number of phenolic OH excluding ortho intramolecular Hbond substituents is 1. The van der Waals surface area contributed by atoms with Gasteiger partial charge in [-0.2, -0.15) is 0 Å². The van der Waals surface area contributed by atoms with Crippen LogP contribution in [0, 0.1) is 0 Å². The van der Waals surface area contributed by atoms with Gasteiger partial charge in [-0.1, -0.05) is 18.2 Å². The van der Waals surface area contributed by atoms with Crippen LogP contribution < -0.4 is 0 Å². The molecule has 5 rings (SSSR count). The molecule has 0 bridgehead atoms. The summed E-state index contributed by atoms with van der Waals surface area (Å²) in [7, 11) is 0. The first-order valence-electron chi connectivity index (χ1n) is 9.16. The first-order valence-corrected chi connectivity index (χ1v) is 9.16. The maximum absolute atomic E-state index is 10.1. The predicted octanol–water partition coefficient (Wildman–Crippen LogP) is 2.75. The molecule has 7 nitrogen and oxygen atoms in total. The highest BCUT2D eigenvalue weighted by Gasteiger charge is 2.19. The minimum Gasteiger partial charge on any atom is -0.506 e. The van der Waals surface area contributed by atoms with Crippen molar-refractivity contribution in [3.05, 3.63) is 72.2 Å². The highest BCUT2D eigenvalue weighted by Crippen LogP contribution is 2.24. The van der Waals surface area contributed by atoms with E-state index in [0.717, 1.165) is 54.0 Å². The largest absolute Gasteiger partial charge is 0.506 e. The predicted molar refractivity (Wildman–Crippen MR) is 104 cm³/mol. The Kier molecular flexibility index (Phi) is 4.14. The number of fused-ring (bicyclic) bond motifs is 2. The van der Waals surface area contributed by atoms with Crippen molar-refractivity contribution in [2.75, 3.05) is 6.54 Å². The highest BCUT2D eigenvalue weighted by atomic mass is 16.3. The molecular weight excluding hydrogens is 352 g/mol. The standard InChI is InChI=1S/C21H18N6O/c28-19-3-1-2-14-4-5-17(25-20(14)19)12-27-7-6-18-16(11-27)10-24-21(26-18)15-8-22-13-23-9-15/h1-5,8-10,13,28H,6-7,11-12H2. The van der Waals surface area contributed by atoms with Crippen LogP contribution in [0.1, 0.15) is 17.0 Å². The molecule has 4 aromatic rings. The molecule has 138 valence electrons. The van der Waals surface area contributed by atoms with Gasteiger partial charge in [0, 0.05) is 55.6 Å². The minimum absolute atomic E-state index is 0.217. The molecule has 7 heteroatoms. The van der Waals surface area contributed by atoms with Crippen LogP contribution in [0.5, 0.6) is 5.75 Å². The molecule has 1 N–H and O–H groups in total. The van der Waals surface area contributed by atoms with Crippen LogP contribution in [0.4, 0.5) is 0 Å². The molecule has 0 fully saturated rings. The summed E-state index contributed by atoms with van der Waals surface area (Å²) in [6.07, 6.45) is 7.71. The molecule has 0 aliphatic carbocycles. The van der Waals surface area contributed by atoms with Crippen molar-refractivity contribution in [1.29, 1.82) is 0 Å². The van der Waals surface area contributed by atoms with Crippen molar-refractivity contribution >= 4 is 10.9 Å². The Balaban J connectivity index is 1.35. The van der Waals surface area contributed by atoms with Gasteiger partial charge >= 0.3 is 0 Å². The minimum atomic E-state index is 0.217. The Bertz CT molecular complexity index is 1150. The number of pyridine rings is 1. The summed E-state index contributed by atoms with van der Waals surface area (Å²) >= 11 is 0. The third-order valence-corrected chi connectivity index (χ3v) is 4.97. The Morgan fingerprint density at radius 2 is 1.89 bits per heavy atom. The van der Waals surface area contributed by atoms with Crippen molar-refractivity contribution in [2.24, 2.45) is 0 Å². The van der Waals surface area contributed by atoms with Crippen LogP contribution in [0.2, 0.25) is 0 Å². The number of hydrogen-bond donors (Lipinski definition) is 1. The third-order valence-electron chi connectivity index (χ3n) is 4.97. The summed E-state index contributed by atoms with van der Waals surface area (Å²) in [6, 6.07) is 9.48. The number of aromatic hydroxyl groups is 1. The quantitative estimate of drug-likeness (QED) is 0.593. The van der Waals surface area contributed by atoms with E-state index in [2.05, 4.69) is 24.8 Å². The normalized spacial score (nSPS) is 14.1. The van der Waals surface area contributed by atoms with Gasteiger partial charge in [-0.15, -0.1) is 0 Å². The monoisotopic (exact) mass is 370 g/mol. The van der Waals surface area contributed by atoms with E-state index < -0.39 is 0 Å². The Labute approximate surface area is 161 Å². The van der Waals surface area contributed by atoms with Crippen LogP contribution in [-0.2, 0) is 19.5 Å². The van der Waals surface area contributed by atoms with Crippen LogP contribution >= 0.6 is 0 Å². The van der Waals surface area contributed by atoms with Gasteiger partial charge in [-0.25, -0.2) is 24.9 Å². The lowest BCUT2D eigenvalue weighted by atomic mass is 10.1. The second-order valence-corrected chi connectivity index (χ2v) is 6.90. The van der Waals surface area contributed by atoms with Crippen LogP contribution in [0.3, 0.4) is 0 Å². The third kappa shape index (κ3) is 3.16. The molecular formula is C21H18N6O. The molecule has 0 atom stereocenters. The van der Waals surface area contributed by atoms with Crippen molar-refractivity contribution in [1.82, 2.24) is 29.8 Å². The molecule has 0 radical (unpaired) electrons. The molecule has 3 aromatic heterocycles. The molecule has 1 aliphatic heterocycles. The number of aromatic nitrogens is 5. The van der Waals surface area contributed by atoms with Crippen molar-refractivity contribution in [3.63, 3.8) is 0 Å². The number of para-hydroxylation sites is 1. The molecule has 0 spiro atoms. The van der Waals surface area contributed by atoms with Gasteiger partial charge in [0.15, 0.2) is 5.82 Å². The lowest BCUT2D eigenvalue weighted by Crippen LogP contribution is -2.31. The molecule has 0 unspecified atom stereocenters. The van der Waals surface area contributed by atoms with E-state index in [1.54, 1.807) is 18.5 Å². The molecule has 4 heterocycles.